The van der Waals surface area contributed by atoms with Crippen LogP contribution in [0.3, 0.4) is 0 Å². The third-order valence-electron chi connectivity index (χ3n) is 3.83. The first-order valence-electron chi connectivity index (χ1n) is 6.49. The summed E-state index contributed by atoms with van der Waals surface area (Å²) in [5.41, 5.74) is 2.12. The number of hydrogen-bond acceptors (Lipinski definition) is 2. The molecule has 18 heavy (non-hydrogen) atoms. The molecule has 1 heterocycles. The van der Waals surface area contributed by atoms with Crippen molar-refractivity contribution in [2.45, 2.75) is 31.3 Å². The van der Waals surface area contributed by atoms with Crippen molar-refractivity contribution in [2.24, 2.45) is 7.05 Å². The summed E-state index contributed by atoms with van der Waals surface area (Å²) in [6.45, 7) is 0. The molecule has 1 aromatic carbocycles. The fourth-order valence-electron chi connectivity index (χ4n) is 2.87. The van der Waals surface area contributed by atoms with Crippen molar-refractivity contribution in [1.29, 1.82) is 0 Å². The molecule has 1 unspecified atom stereocenters. The highest BCUT2D eigenvalue weighted by atomic mass is 16.3. The molecule has 3 heteroatoms. The van der Waals surface area contributed by atoms with E-state index in [4.69, 9.17) is 0 Å². The van der Waals surface area contributed by atoms with Gasteiger partial charge in [0, 0.05) is 13.2 Å². The Hall–Kier alpha value is -1.61. The van der Waals surface area contributed by atoms with Gasteiger partial charge in [-0.25, -0.2) is 4.98 Å². The maximum absolute atomic E-state index is 11.1. The van der Waals surface area contributed by atoms with E-state index in [2.05, 4.69) is 11.1 Å². The summed E-state index contributed by atoms with van der Waals surface area (Å²) in [6.07, 6.45) is 7.63. The van der Waals surface area contributed by atoms with Crippen LogP contribution in [0.2, 0.25) is 0 Å². The minimum absolute atomic E-state index is 0.751. The summed E-state index contributed by atoms with van der Waals surface area (Å²) in [4.78, 5) is 4.36. The number of hydrogen-bond donors (Lipinski definition) is 1. The van der Waals surface area contributed by atoms with Gasteiger partial charge in [-0.2, -0.15) is 0 Å². The lowest BCUT2D eigenvalue weighted by Gasteiger charge is -2.27. The van der Waals surface area contributed by atoms with Gasteiger partial charge >= 0.3 is 0 Å². The Bertz CT molecular complexity index is 561. The molecule has 0 fully saturated rings. The molecule has 1 aliphatic carbocycles. The molecular weight excluding hydrogens is 224 g/mol. The standard InChI is InChI=1S/C15H18N2O/c1-17-10-14(16-11-17)15(18)9-5-4-7-12-6-2-3-8-13(12)15/h2-3,6,8,10-11,18H,4-5,7,9H2,1H3. The molecule has 0 spiro atoms. The Kier molecular flexibility index (Phi) is 2.71. The zero-order valence-electron chi connectivity index (χ0n) is 10.6. The lowest BCUT2D eigenvalue weighted by atomic mass is 9.85. The summed E-state index contributed by atoms with van der Waals surface area (Å²) in [5.74, 6) is 0. The summed E-state index contributed by atoms with van der Waals surface area (Å²) in [5, 5.41) is 11.1. The zero-order chi connectivity index (χ0) is 12.6. The van der Waals surface area contributed by atoms with Crippen molar-refractivity contribution in [3.63, 3.8) is 0 Å². The Morgan fingerprint density at radius 2 is 2.11 bits per heavy atom. The van der Waals surface area contributed by atoms with Gasteiger partial charge in [-0.15, -0.1) is 0 Å². The zero-order valence-corrected chi connectivity index (χ0v) is 10.6. The van der Waals surface area contributed by atoms with Crippen LogP contribution in [0.4, 0.5) is 0 Å². The van der Waals surface area contributed by atoms with Crippen molar-refractivity contribution in [3.05, 3.63) is 53.6 Å². The van der Waals surface area contributed by atoms with Gasteiger partial charge < -0.3 is 9.67 Å². The van der Waals surface area contributed by atoms with Crippen molar-refractivity contribution in [3.8, 4) is 0 Å². The molecule has 3 rings (SSSR count). The Balaban J connectivity index is 2.16. The van der Waals surface area contributed by atoms with Gasteiger partial charge in [-0.1, -0.05) is 24.3 Å². The first kappa shape index (κ1) is 11.5. The predicted octanol–water partition coefficient (Wildman–Crippen LogP) is 2.38. The SMILES string of the molecule is Cn1cnc(C2(O)CCCCc3ccccc32)c1. The van der Waals surface area contributed by atoms with E-state index in [-0.39, 0.29) is 0 Å². The van der Waals surface area contributed by atoms with E-state index in [1.165, 1.54) is 5.56 Å². The maximum Gasteiger partial charge on any atom is 0.133 e. The molecular formula is C15H18N2O. The molecule has 3 nitrogen and oxygen atoms in total. The van der Waals surface area contributed by atoms with Gasteiger partial charge in [0.15, 0.2) is 0 Å². The van der Waals surface area contributed by atoms with Crippen molar-refractivity contribution in [1.82, 2.24) is 9.55 Å². The molecule has 1 N–H and O–H groups in total. The van der Waals surface area contributed by atoms with Crippen LogP contribution >= 0.6 is 0 Å². The predicted molar refractivity (Wildman–Crippen MR) is 70.2 cm³/mol. The summed E-state index contributed by atoms with van der Waals surface area (Å²) in [7, 11) is 1.93. The fraction of sp³-hybridized carbons (Fsp3) is 0.400. The Labute approximate surface area is 107 Å². The minimum atomic E-state index is -0.922. The van der Waals surface area contributed by atoms with Crippen LogP contribution in [0, 0.1) is 0 Å². The third kappa shape index (κ3) is 1.75. The highest BCUT2D eigenvalue weighted by molar-refractivity contribution is 5.39. The Morgan fingerprint density at radius 1 is 1.28 bits per heavy atom. The van der Waals surface area contributed by atoms with Crippen molar-refractivity contribution in [2.75, 3.05) is 0 Å². The van der Waals surface area contributed by atoms with Gasteiger partial charge in [0.1, 0.15) is 5.60 Å². The van der Waals surface area contributed by atoms with Crippen molar-refractivity contribution >= 4 is 0 Å². The van der Waals surface area contributed by atoms with Gasteiger partial charge in [0.25, 0.3) is 0 Å². The van der Waals surface area contributed by atoms with Gasteiger partial charge in [-0.05, 0) is 36.8 Å². The molecule has 1 aliphatic rings. The quantitative estimate of drug-likeness (QED) is 0.780. The fourth-order valence-corrected chi connectivity index (χ4v) is 2.87. The van der Waals surface area contributed by atoms with Gasteiger partial charge in [-0.3, -0.25) is 0 Å². The van der Waals surface area contributed by atoms with E-state index in [1.807, 2.05) is 36.0 Å². The summed E-state index contributed by atoms with van der Waals surface area (Å²) < 4.78 is 1.89. The molecule has 0 saturated heterocycles. The lowest BCUT2D eigenvalue weighted by Crippen LogP contribution is -2.28. The average Bonchev–Trinajstić information content (AvgIpc) is 2.74. The number of fused-ring (bicyclic) bond motifs is 1. The lowest BCUT2D eigenvalue weighted by molar-refractivity contribution is 0.0662. The second kappa shape index (κ2) is 4.25. The van der Waals surface area contributed by atoms with E-state index in [9.17, 15) is 5.11 Å². The van der Waals surface area contributed by atoms with E-state index in [0.717, 1.165) is 36.9 Å². The maximum atomic E-state index is 11.1. The first-order valence-corrected chi connectivity index (χ1v) is 6.49. The van der Waals surface area contributed by atoms with Crippen LogP contribution < -0.4 is 0 Å². The molecule has 0 aliphatic heterocycles. The van der Waals surface area contributed by atoms with Crippen LogP contribution in [0.15, 0.2) is 36.8 Å². The normalized spacial score (nSPS) is 23.4. The molecule has 0 bridgehead atoms. The molecule has 0 amide bonds. The Morgan fingerprint density at radius 3 is 2.89 bits per heavy atom. The second-order valence-corrected chi connectivity index (χ2v) is 5.15. The van der Waals surface area contributed by atoms with Crippen LogP contribution in [-0.4, -0.2) is 14.7 Å². The van der Waals surface area contributed by atoms with E-state index >= 15 is 0 Å². The topological polar surface area (TPSA) is 38.0 Å². The van der Waals surface area contributed by atoms with Crippen LogP contribution in [0.25, 0.3) is 0 Å². The number of aliphatic hydroxyl groups is 1. The molecule has 1 atom stereocenters. The number of aromatic nitrogens is 2. The number of benzene rings is 1. The third-order valence-corrected chi connectivity index (χ3v) is 3.83. The highest BCUT2D eigenvalue weighted by Gasteiger charge is 2.36. The van der Waals surface area contributed by atoms with Crippen molar-refractivity contribution < 1.29 is 5.11 Å². The van der Waals surface area contributed by atoms with E-state index in [1.54, 1.807) is 6.33 Å². The molecule has 0 radical (unpaired) electrons. The van der Waals surface area contributed by atoms with Crippen LogP contribution in [-0.2, 0) is 19.1 Å². The minimum Gasteiger partial charge on any atom is -0.379 e. The van der Waals surface area contributed by atoms with Gasteiger partial charge in [0.05, 0.1) is 12.0 Å². The number of rotatable bonds is 1. The molecule has 94 valence electrons. The summed E-state index contributed by atoms with van der Waals surface area (Å²) >= 11 is 0. The first-order chi connectivity index (χ1) is 8.70. The van der Waals surface area contributed by atoms with E-state index < -0.39 is 5.60 Å². The highest BCUT2D eigenvalue weighted by Crippen LogP contribution is 2.38. The van der Waals surface area contributed by atoms with Gasteiger partial charge in [0.2, 0.25) is 0 Å². The number of nitrogens with zero attached hydrogens (tertiary/aromatic N) is 2. The molecule has 0 saturated carbocycles. The monoisotopic (exact) mass is 242 g/mol. The van der Waals surface area contributed by atoms with E-state index in [0.29, 0.717) is 0 Å². The second-order valence-electron chi connectivity index (χ2n) is 5.15. The number of aryl methyl sites for hydroxylation is 2. The van der Waals surface area contributed by atoms with Crippen LogP contribution in [0.1, 0.15) is 36.1 Å². The van der Waals surface area contributed by atoms with Crippen LogP contribution in [0.5, 0.6) is 0 Å². The largest absolute Gasteiger partial charge is 0.379 e. The smallest absolute Gasteiger partial charge is 0.133 e. The molecule has 2 aromatic rings. The summed E-state index contributed by atoms with van der Waals surface area (Å²) in [6, 6.07) is 8.20. The average molecular weight is 242 g/mol. The molecule has 1 aromatic heterocycles. The number of imidazole rings is 1.